The van der Waals surface area contributed by atoms with E-state index in [9.17, 15) is 19.2 Å². The van der Waals surface area contributed by atoms with Gasteiger partial charge in [0.05, 0.1) is 22.8 Å². The van der Waals surface area contributed by atoms with E-state index < -0.39 is 73.2 Å². The van der Waals surface area contributed by atoms with E-state index >= 15 is 13.2 Å². The highest BCUT2D eigenvalue weighted by molar-refractivity contribution is 5.97. The van der Waals surface area contributed by atoms with Gasteiger partial charge in [0.2, 0.25) is 0 Å². The molecule has 1 aliphatic rings. The molecule has 1 fully saturated rings. The number of ketones is 1. The molecule has 0 aromatic heterocycles. The van der Waals surface area contributed by atoms with E-state index in [0.717, 1.165) is 0 Å². The van der Waals surface area contributed by atoms with Crippen molar-refractivity contribution in [1.82, 2.24) is 0 Å². The minimum absolute atomic E-state index is 0.00563. The molecule has 5 atom stereocenters. The topological polar surface area (TPSA) is 105 Å². The number of alkyl halides is 3. The molecule has 0 bridgehead atoms. The third-order valence-electron chi connectivity index (χ3n) is 7.90. The Labute approximate surface area is 274 Å². The van der Waals surface area contributed by atoms with Gasteiger partial charge in [-0.15, -0.1) is 0 Å². The number of esters is 3. The zero-order valence-corrected chi connectivity index (χ0v) is 25.7. The van der Waals surface area contributed by atoms with Gasteiger partial charge >= 0.3 is 24.1 Å². The number of benzene rings is 4. The maximum atomic E-state index is 15.1. The van der Waals surface area contributed by atoms with E-state index in [1.807, 2.05) is 0 Å². The van der Waals surface area contributed by atoms with Gasteiger partial charge in [-0.3, -0.25) is 4.79 Å². The second-order valence-electron chi connectivity index (χ2n) is 11.2. The monoisotopic (exact) mass is 660 g/mol. The first-order valence-electron chi connectivity index (χ1n) is 15.1. The van der Waals surface area contributed by atoms with E-state index in [-0.39, 0.29) is 22.3 Å². The van der Waals surface area contributed by atoms with Crippen molar-refractivity contribution < 1.29 is 51.3 Å². The number of carbonyl (C=O) groups is 4. The molecule has 5 rings (SSSR count). The smallest absolute Gasteiger partial charge is 0.398 e. The van der Waals surface area contributed by atoms with Crippen LogP contribution in [0.5, 0.6) is 0 Å². The quantitative estimate of drug-likeness (QED) is 0.104. The summed E-state index contributed by atoms with van der Waals surface area (Å²) in [6.45, 7) is 0.949. The number of aryl methyl sites for hydroxylation is 1. The second-order valence-corrected chi connectivity index (χ2v) is 11.2. The lowest BCUT2D eigenvalue weighted by atomic mass is 9.82. The second kappa shape index (κ2) is 15.1. The Kier molecular flexibility index (Phi) is 10.7. The zero-order valence-electron chi connectivity index (χ0n) is 25.7. The normalized spacial score (nSPS) is 20.7. The summed E-state index contributed by atoms with van der Waals surface area (Å²) in [4.78, 5) is 52.9. The Bertz CT molecular complexity index is 1730. The molecule has 0 radical (unpaired) electrons. The maximum Gasteiger partial charge on any atom is 0.398 e. The molecule has 0 spiro atoms. The molecule has 0 saturated carbocycles. The Balaban J connectivity index is 1.56. The minimum Gasteiger partial charge on any atom is -0.459 e. The van der Waals surface area contributed by atoms with Crippen LogP contribution in [0.25, 0.3) is 0 Å². The molecule has 1 heterocycles. The van der Waals surface area contributed by atoms with E-state index in [2.05, 4.69) is 0 Å². The predicted molar refractivity (Wildman–Crippen MR) is 166 cm³/mol. The van der Waals surface area contributed by atoms with Crippen molar-refractivity contribution in [3.05, 3.63) is 143 Å². The first kappa shape index (κ1) is 34.1. The fraction of sp³-hybridized carbons (Fsp3) is 0.243. The summed E-state index contributed by atoms with van der Waals surface area (Å²) >= 11 is 0. The average molecular weight is 661 g/mol. The molecule has 4 aromatic rings. The summed E-state index contributed by atoms with van der Waals surface area (Å²) in [6, 6.07) is 29.0. The Hall–Kier alpha value is -5.29. The van der Waals surface area contributed by atoms with Crippen LogP contribution in [-0.2, 0) is 18.9 Å². The maximum absolute atomic E-state index is 15.1. The van der Waals surface area contributed by atoms with Crippen LogP contribution in [0.3, 0.4) is 0 Å². The van der Waals surface area contributed by atoms with Crippen LogP contribution in [0.2, 0.25) is 0 Å². The van der Waals surface area contributed by atoms with Gasteiger partial charge in [-0.25, -0.2) is 14.4 Å². The number of halogens is 3. The highest BCUT2D eigenvalue weighted by Gasteiger charge is 2.61. The van der Waals surface area contributed by atoms with Crippen molar-refractivity contribution in [2.75, 3.05) is 6.61 Å². The summed E-state index contributed by atoms with van der Waals surface area (Å²) in [6.07, 6.45) is -13.5. The molecular formula is C37H31F3O8. The van der Waals surface area contributed by atoms with Crippen LogP contribution < -0.4 is 0 Å². The number of hydrogen-bond acceptors (Lipinski definition) is 8. The van der Waals surface area contributed by atoms with Crippen molar-refractivity contribution in [2.45, 2.75) is 43.9 Å². The van der Waals surface area contributed by atoms with Crippen LogP contribution >= 0.6 is 0 Å². The predicted octanol–water partition coefficient (Wildman–Crippen LogP) is 6.82. The molecule has 5 unspecified atom stereocenters. The summed E-state index contributed by atoms with van der Waals surface area (Å²) in [5, 5.41) is 0. The van der Waals surface area contributed by atoms with Crippen LogP contribution in [0.1, 0.15) is 53.4 Å². The molecule has 1 aliphatic heterocycles. The molecule has 8 nitrogen and oxygen atoms in total. The number of carbonyl (C=O) groups excluding carboxylic acids is 4. The van der Waals surface area contributed by atoms with Gasteiger partial charge in [-0.05, 0) is 48.9 Å². The van der Waals surface area contributed by atoms with Gasteiger partial charge in [0.25, 0.3) is 0 Å². The minimum atomic E-state index is -5.11. The molecule has 0 aliphatic carbocycles. The third kappa shape index (κ3) is 8.16. The van der Waals surface area contributed by atoms with E-state index in [1.54, 1.807) is 55.5 Å². The van der Waals surface area contributed by atoms with Crippen molar-refractivity contribution in [1.29, 1.82) is 0 Å². The molecule has 48 heavy (non-hydrogen) atoms. The molecule has 1 saturated heterocycles. The van der Waals surface area contributed by atoms with Crippen LogP contribution in [0.15, 0.2) is 115 Å². The highest BCUT2D eigenvalue weighted by atomic mass is 19.4. The Morgan fingerprint density at radius 1 is 0.625 bits per heavy atom. The molecule has 4 aromatic carbocycles. The van der Waals surface area contributed by atoms with Gasteiger partial charge in [0.15, 0.2) is 18.0 Å². The first-order valence-corrected chi connectivity index (χ1v) is 15.1. The fourth-order valence-corrected chi connectivity index (χ4v) is 5.53. The van der Waals surface area contributed by atoms with Crippen molar-refractivity contribution >= 4 is 23.7 Å². The molecule has 0 amide bonds. The fourth-order valence-electron chi connectivity index (χ4n) is 5.53. The van der Waals surface area contributed by atoms with Crippen LogP contribution in [-0.4, -0.2) is 60.9 Å². The third-order valence-corrected chi connectivity index (χ3v) is 7.90. The summed E-state index contributed by atoms with van der Waals surface area (Å²) in [5.41, 5.74) is 0.822. The number of hydrogen-bond donors (Lipinski definition) is 0. The standard InChI is InChI=1S/C37H31F3O8/c1-23-13-11-12-20-27(23)28(41)21-29-31(37(38,39)40)33(48-36(44)26-18-9-4-10-19-26)32(47-35(43)25-16-7-3-8-17-25)30(46-29)22-45-34(42)24-14-5-2-6-15-24/h2-20,29-33H,21-22H2,1H3. The summed E-state index contributed by atoms with van der Waals surface area (Å²) in [5.74, 6) is -6.25. The molecular weight excluding hydrogens is 629 g/mol. The van der Waals surface area contributed by atoms with E-state index in [0.29, 0.717) is 5.56 Å². The number of rotatable bonds is 10. The molecule has 0 N–H and O–H groups in total. The van der Waals surface area contributed by atoms with Gasteiger partial charge in [0.1, 0.15) is 18.6 Å². The van der Waals surface area contributed by atoms with Gasteiger partial charge in [0, 0.05) is 12.0 Å². The number of Topliss-reactive ketones (excluding diaryl/α,β-unsaturated/α-hetero) is 1. The van der Waals surface area contributed by atoms with Gasteiger partial charge in [-0.2, -0.15) is 13.2 Å². The summed E-state index contributed by atoms with van der Waals surface area (Å²) < 4.78 is 67.9. The van der Waals surface area contributed by atoms with Crippen molar-refractivity contribution in [3.63, 3.8) is 0 Å². The lowest BCUT2D eigenvalue weighted by Gasteiger charge is -2.45. The zero-order chi connectivity index (χ0) is 34.3. The average Bonchev–Trinajstić information content (AvgIpc) is 3.09. The SMILES string of the molecule is Cc1ccccc1C(=O)CC1OC(COC(=O)c2ccccc2)C(OC(=O)c2ccccc2)C(OC(=O)c2ccccc2)C1C(F)(F)F. The van der Waals surface area contributed by atoms with Crippen LogP contribution in [0, 0.1) is 12.8 Å². The Morgan fingerprint density at radius 3 is 1.58 bits per heavy atom. The highest BCUT2D eigenvalue weighted by Crippen LogP contribution is 2.43. The largest absolute Gasteiger partial charge is 0.459 e. The van der Waals surface area contributed by atoms with Gasteiger partial charge < -0.3 is 18.9 Å². The molecule has 11 heteroatoms. The van der Waals surface area contributed by atoms with Crippen molar-refractivity contribution in [3.8, 4) is 0 Å². The number of ether oxygens (including phenoxy) is 4. The summed E-state index contributed by atoms with van der Waals surface area (Å²) in [7, 11) is 0. The van der Waals surface area contributed by atoms with E-state index in [1.165, 1.54) is 66.7 Å². The van der Waals surface area contributed by atoms with Crippen LogP contribution in [0.4, 0.5) is 13.2 Å². The van der Waals surface area contributed by atoms with Gasteiger partial charge in [-0.1, -0.05) is 78.9 Å². The van der Waals surface area contributed by atoms with Crippen molar-refractivity contribution in [2.24, 2.45) is 5.92 Å². The van der Waals surface area contributed by atoms with E-state index in [4.69, 9.17) is 18.9 Å². The lowest BCUT2D eigenvalue weighted by Crippen LogP contribution is -2.62. The Morgan fingerprint density at radius 2 is 1.08 bits per heavy atom. The lowest BCUT2D eigenvalue weighted by molar-refractivity contribution is -0.289. The molecule has 248 valence electrons. The first-order chi connectivity index (χ1) is 23.0.